The van der Waals surface area contributed by atoms with Gasteiger partial charge in [-0.05, 0) is 64.0 Å². The third-order valence-corrected chi connectivity index (χ3v) is 3.14. The summed E-state index contributed by atoms with van der Waals surface area (Å²) in [6.45, 7) is 4.08. The molecule has 1 nitrogen and oxygen atoms in total. The van der Waals surface area contributed by atoms with E-state index in [1.165, 1.54) is 5.57 Å². The smallest absolute Gasteiger partial charge is 0.181 e. The van der Waals surface area contributed by atoms with Gasteiger partial charge < -0.3 is 0 Å². The monoisotopic (exact) mass is 244 g/mol. The van der Waals surface area contributed by atoms with Crippen LogP contribution in [0.5, 0.6) is 0 Å². The van der Waals surface area contributed by atoms with Crippen LogP contribution >= 0.6 is 0 Å². The second-order valence-electron chi connectivity index (χ2n) is 4.77. The molecular formula is C17H24O. The summed E-state index contributed by atoms with van der Waals surface area (Å²) in [5.41, 5.74) is 2.42. The van der Waals surface area contributed by atoms with Crippen molar-refractivity contribution in [3.05, 3.63) is 47.6 Å². The molecule has 98 valence electrons. The number of ketones is 1. The second kappa shape index (κ2) is 8.68. The van der Waals surface area contributed by atoms with E-state index in [0.29, 0.717) is 0 Å². The van der Waals surface area contributed by atoms with E-state index in [-0.39, 0.29) is 5.78 Å². The van der Waals surface area contributed by atoms with Crippen molar-refractivity contribution in [2.45, 2.75) is 52.4 Å². The Morgan fingerprint density at radius 1 is 1.06 bits per heavy atom. The molecular weight excluding hydrogens is 220 g/mol. The lowest BCUT2D eigenvalue weighted by atomic mass is 10.0. The number of carbonyl (C=O) groups is 1. The highest BCUT2D eigenvalue weighted by Gasteiger charge is 2.04. The van der Waals surface area contributed by atoms with Crippen LogP contribution in [0.1, 0.15) is 52.4 Å². The second-order valence-corrected chi connectivity index (χ2v) is 4.77. The summed E-state index contributed by atoms with van der Waals surface area (Å²) >= 11 is 0. The zero-order valence-corrected chi connectivity index (χ0v) is 11.6. The summed E-state index contributed by atoms with van der Waals surface area (Å²) in [7, 11) is 0. The average molecular weight is 244 g/mol. The van der Waals surface area contributed by atoms with Crippen LogP contribution in [0.15, 0.2) is 47.6 Å². The molecule has 0 amide bonds. The Kier molecular flexibility index (Phi) is 7.09. The first-order chi connectivity index (χ1) is 8.74. The molecule has 0 saturated carbocycles. The van der Waals surface area contributed by atoms with Gasteiger partial charge in [-0.3, -0.25) is 4.79 Å². The summed E-state index contributed by atoms with van der Waals surface area (Å²) in [6.07, 6.45) is 18.5. The van der Waals surface area contributed by atoms with E-state index in [9.17, 15) is 4.79 Å². The van der Waals surface area contributed by atoms with Crippen LogP contribution in [-0.2, 0) is 4.79 Å². The molecule has 1 rings (SSSR count). The molecule has 0 atom stereocenters. The van der Waals surface area contributed by atoms with Crippen molar-refractivity contribution in [1.82, 2.24) is 0 Å². The van der Waals surface area contributed by atoms with Crippen LogP contribution in [0, 0.1) is 0 Å². The van der Waals surface area contributed by atoms with Crippen LogP contribution in [0.4, 0.5) is 0 Å². The summed E-state index contributed by atoms with van der Waals surface area (Å²) in [6, 6.07) is 0. The van der Waals surface area contributed by atoms with Crippen LogP contribution in [-0.4, -0.2) is 5.78 Å². The average Bonchev–Trinajstić information content (AvgIpc) is 2.34. The van der Waals surface area contributed by atoms with E-state index < -0.39 is 0 Å². The topological polar surface area (TPSA) is 17.1 Å². The van der Waals surface area contributed by atoms with Crippen LogP contribution < -0.4 is 0 Å². The third-order valence-electron chi connectivity index (χ3n) is 3.14. The van der Waals surface area contributed by atoms with Gasteiger partial charge in [0, 0.05) is 0 Å². The molecule has 0 bridgehead atoms. The van der Waals surface area contributed by atoms with Gasteiger partial charge in [0.15, 0.2) is 5.78 Å². The minimum Gasteiger partial charge on any atom is -0.290 e. The summed E-state index contributed by atoms with van der Waals surface area (Å²) in [5, 5.41) is 0. The predicted molar refractivity (Wildman–Crippen MR) is 78.5 cm³/mol. The van der Waals surface area contributed by atoms with E-state index in [2.05, 4.69) is 31.2 Å². The molecule has 0 aromatic heterocycles. The van der Waals surface area contributed by atoms with Crippen LogP contribution in [0.2, 0.25) is 0 Å². The van der Waals surface area contributed by atoms with Gasteiger partial charge in [-0.15, -0.1) is 0 Å². The Morgan fingerprint density at radius 3 is 2.44 bits per heavy atom. The quantitative estimate of drug-likeness (QED) is 0.498. The SMILES string of the molecule is CC=CC(=O)C1=CCCC=C(C)CCC=CCC1. The highest BCUT2D eigenvalue weighted by Crippen LogP contribution is 2.14. The predicted octanol–water partition coefficient (Wildman–Crippen LogP) is 4.91. The zero-order chi connectivity index (χ0) is 13.2. The Labute approximate surface area is 111 Å². The summed E-state index contributed by atoms with van der Waals surface area (Å²) in [5.74, 6) is 0.170. The maximum atomic E-state index is 11.9. The van der Waals surface area contributed by atoms with Gasteiger partial charge in [0.05, 0.1) is 0 Å². The normalized spacial score (nSPS) is 18.8. The van der Waals surface area contributed by atoms with Crippen molar-refractivity contribution in [2.24, 2.45) is 0 Å². The largest absolute Gasteiger partial charge is 0.290 e. The number of rotatable bonds is 2. The molecule has 0 spiro atoms. The van der Waals surface area contributed by atoms with Gasteiger partial charge >= 0.3 is 0 Å². The van der Waals surface area contributed by atoms with Gasteiger partial charge in [-0.1, -0.05) is 36.0 Å². The van der Waals surface area contributed by atoms with Gasteiger partial charge in [-0.25, -0.2) is 0 Å². The summed E-state index contributed by atoms with van der Waals surface area (Å²) in [4.78, 5) is 11.9. The zero-order valence-electron chi connectivity index (χ0n) is 11.6. The highest BCUT2D eigenvalue weighted by molar-refractivity contribution is 6.03. The molecule has 0 aromatic rings. The first kappa shape index (κ1) is 14.7. The van der Waals surface area contributed by atoms with Crippen molar-refractivity contribution >= 4 is 5.78 Å². The number of allylic oxidation sites excluding steroid dienone is 8. The molecule has 0 heterocycles. The van der Waals surface area contributed by atoms with E-state index in [4.69, 9.17) is 0 Å². The van der Waals surface area contributed by atoms with Gasteiger partial charge in [0.2, 0.25) is 0 Å². The maximum Gasteiger partial charge on any atom is 0.181 e. The fourth-order valence-corrected chi connectivity index (χ4v) is 2.06. The van der Waals surface area contributed by atoms with Crippen LogP contribution in [0.3, 0.4) is 0 Å². The lowest BCUT2D eigenvalue weighted by Crippen LogP contribution is -1.98. The van der Waals surface area contributed by atoms with E-state index in [1.54, 1.807) is 6.08 Å². The standard InChI is InChI=1S/C17H24O/c1-3-10-17(18)16-13-7-5-4-6-11-15(2)12-8-9-14-16/h3-5,10,12,14H,6-9,11,13H2,1-2H3. The van der Waals surface area contributed by atoms with Gasteiger partial charge in [0.1, 0.15) is 0 Å². The van der Waals surface area contributed by atoms with Crippen molar-refractivity contribution in [3.63, 3.8) is 0 Å². The minimum absolute atomic E-state index is 0.170. The number of hydrogen-bond donors (Lipinski definition) is 0. The molecule has 0 aromatic carbocycles. The maximum absolute atomic E-state index is 11.9. The Balaban J connectivity index is 2.73. The molecule has 1 aliphatic rings. The van der Waals surface area contributed by atoms with Crippen molar-refractivity contribution < 1.29 is 4.79 Å². The van der Waals surface area contributed by atoms with Gasteiger partial charge in [-0.2, -0.15) is 0 Å². The first-order valence-electron chi connectivity index (χ1n) is 6.90. The molecule has 18 heavy (non-hydrogen) atoms. The molecule has 0 N–H and O–H groups in total. The lowest BCUT2D eigenvalue weighted by Gasteiger charge is -2.04. The molecule has 0 fully saturated rings. The fourth-order valence-electron chi connectivity index (χ4n) is 2.06. The van der Waals surface area contributed by atoms with Crippen LogP contribution in [0.25, 0.3) is 0 Å². The fraction of sp³-hybridized carbons (Fsp3) is 0.471. The van der Waals surface area contributed by atoms with E-state index in [0.717, 1.165) is 44.1 Å². The van der Waals surface area contributed by atoms with E-state index in [1.807, 2.05) is 13.0 Å². The van der Waals surface area contributed by atoms with Crippen molar-refractivity contribution in [3.8, 4) is 0 Å². The Hall–Kier alpha value is -1.37. The van der Waals surface area contributed by atoms with Crippen molar-refractivity contribution in [1.29, 1.82) is 0 Å². The Bertz CT molecular complexity index is 380. The lowest BCUT2D eigenvalue weighted by molar-refractivity contribution is -0.111. The molecule has 1 aliphatic carbocycles. The molecule has 0 radical (unpaired) electrons. The molecule has 0 saturated heterocycles. The molecule has 0 aliphatic heterocycles. The molecule has 0 unspecified atom stereocenters. The van der Waals surface area contributed by atoms with Crippen molar-refractivity contribution in [2.75, 3.05) is 0 Å². The third kappa shape index (κ3) is 5.81. The number of carbonyl (C=O) groups excluding carboxylic acids is 1. The van der Waals surface area contributed by atoms with E-state index >= 15 is 0 Å². The number of hydrogen-bond acceptors (Lipinski definition) is 1. The Morgan fingerprint density at radius 2 is 1.72 bits per heavy atom. The molecule has 1 heteroatoms. The highest BCUT2D eigenvalue weighted by atomic mass is 16.1. The first-order valence-corrected chi connectivity index (χ1v) is 6.90. The minimum atomic E-state index is 0.170. The summed E-state index contributed by atoms with van der Waals surface area (Å²) < 4.78 is 0. The van der Waals surface area contributed by atoms with Gasteiger partial charge in [0.25, 0.3) is 0 Å².